The van der Waals surface area contributed by atoms with Crippen molar-refractivity contribution in [2.24, 2.45) is 5.92 Å². The number of hydrogen-bond donors (Lipinski definition) is 0. The molecule has 0 saturated carbocycles. The lowest BCUT2D eigenvalue weighted by Gasteiger charge is -2.41. The van der Waals surface area contributed by atoms with E-state index in [2.05, 4.69) is 188 Å². The molecule has 0 heterocycles. The van der Waals surface area contributed by atoms with E-state index in [1.54, 1.807) is 11.1 Å². The molecule has 3 aliphatic rings. The van der Waals surface area contributed by atoms with Crippen molar-refractivity contribution >= 4 is 44.7 Å². The maximum atomic E-state index is 2.56. The smallest absolute Gasteiger partial charge is 0.0773 e. The fourth-order valence-electron chi connectivity index (χ4n) is 9.03. The van der Waals surface area contributed by atoms with Crippen LogP contribution < -0.4 is 15.9 Å². The van der Waals surface area contributed by atoms with Gasteiger partial charge in [-0.2, -0.15) is 0 Å². The molecule has 3 unspecified atom stereocenters. The SMILES string of the molecule is C1=CC(CC2c3c4ccccc4c(c4ccccc34)C2C[P+](c2ccccc2)(c2ccccc2)c2ccccc2)C=C1Cc1ccccc1. The molecule has 0 spiro atoms. The van der Waals surface area contributed by atoms with E-state index < -0.39 is 7.26 Å². The Labute approximate surface area is 290 Å². The highest BCUT2D eigenvalue weighted by Gasteiger charge is 2.51. The fraction of sp³-hybridized carbons (Fsp3) is 0.125. The van der Waals surface area contributed by atoms with E-state index >= 15 is 0 Å². The van der Waals surface area contributed by atoms with Crippen molar-refractivity contribution in [3.05, 3.63) is 210 Å². The minimum absolute atomic E-state index is 0.369. The Morgan fingerprint density at radius 3 is 1.31 bits per heavy atom. The Morgan fingerprint density at radius 1 is 0.429 bits per heavy atom. The van der Waals surface area contributed by atoms with Crippen molar-refractivity contribution in [2.45, 2.75) is 24.7 Å². The van der Waals surface area contributed by atoms with Crippen LogP contribution in [-0.4, -0.2) is 6.16 Å². The van der Waals surface area contributed by atoms with Crippen LogP contribution in [0.4, 0.5) is 0 Å². The lowest BCUT2D eigenvalue weighted by Crippen LogP contribution is -2.37. The highest BCUT2D eigenvalue weighted by atomic mass is 31.2. The number of benzene rings is 7. The first-order valence-corrected chi connectivity index (χ1v) is 19.7. The van der Waals surface area contributed by atoms with Gasteiger partial charge in [0.1, 0.15) is 23.2 Å². The molecule has 49 heavy (non-hydrogen) atoms. The van der Waals surface area contributed by atoms with E-state index in [-0.39, 0.29) is 0 Å². The summed E-state index contributed by atoms with van der Waals surface area (Å²) in [6, 6.07) is 63.8. The maximum absolute atomic E-state index is 2.56. The second-order valence-corrected chi connectivity index (χ2v) is 17.3. The summed E-state index contributed by atoms with van der Waals surface area (Å²) in [6.45, 7) is 0. The number of fused-ring (bicyclic) bond motifs is 1. The summed E-state index contributed by atoms with van der Waals surface area (Å²) >= 11 is 0. The third kappa shape index (κ3) is 5.27. The monoisotopic (exact) mass is 647 g/mol. The molecule has 7 aromatic rings. The summed E-state index contributed by atoms with van der Waals surface area (Å²) in [5.41, 5.74) is 5.92. The van der Waals surface area contributed by atoms with E-state index in [1.165, 1.54) is 48.6 Å². The quantitative estimate of drug-likeness (QED) is 0.108. The number of rotatable bonds is 9. The van der Waals surface area contributed by atoms with Gasteiger partial charge in [-0.1, -0.05) is 152 Å². The molecule has 0 amide bonds. The molecule has 1 heteroatoms. The molecule has 0 nitrogen and oxygen atoms in total. The van der Waals surface area contributed by atoms with Gasteiger partial charge in [0.25, 0.3) is 0 Å². The van der Waals surface area contributed by atoms with Gasteiger partial charge in [-0.15, -0.1) is 0 Å². The second-order valence-electron chi connectivity index (χ2n) is 13.8. The summed E-state index contributed by atoms with van der Waals surface area (Å²) in [6.07, 6.45) is 10.6. The van der Waals surface area contributed by atoms with Crippen molar-refractivity contribution in [3.63, 3.8) is 0 Å². The van der Waals surface area contributed by atoms with Crippen LogP contribution in [0.3, 0.4) is 0 Å². The van der Waals surface area contributed by atoms with Gasteiger partial charge < -0.3 is 0 Å². The van der Waals surface area contributed by atoms with Gasteiger partial charge >= 0.3 is 0 Å². The topological polar surface area (TPSA) is 0 Å². The van der Waals surface area contributed by atoms with Gasteiger partial charge in [0.05, 0.1) is 6.16 Å². The Bertz CT molecular complexity index is 2150. The van der Waals surface area contributed by atoms with E-state index in [4.69, 9.17) is 0 Å². The van der Waals surface area contributed by atoms with E-state index in [9.17, 15) is 0 Å². The molecule has 3 atom stereocenters. The van der Waals surface area contributed by atoms with Crippen LogP contribution in [0.25, 0.3) is 21.5 Å². The fourth-order valence-corrected chi connectivity index (χ4v) is 13.6. The van der Waals surface area contributed by atoms with Crippen molar-refractivity contribution in [1.29, 1.82) is 0 Å². The molecule has 7 aromatic carbocycles. The Morgan fingerprint density at radius 2 is 0.837 bits per heavy atom. The number of allylic oxidation sites excluding steroid dienone is 4. The second kappa shape index (κ2) is 12.8. The Hall–Kier alpha value is -5.03. The summed E-state index contributed by atoms with van der Waals surface area (Å²) in [4.78, 5) is 0. The molecular weight excluding hydrogens is 608 g/mol. The average Bonchev–Trinajstić information content (AvgIpc) is 3.62. The van der Waals surface area contributed by atoms with Crippen LogP contribution >= 0.6 is 7.26 Å². The van der Waals surface area contributed by atoms with Crippen LogP contribution in [0.2, 0.25) is 0 Å². The summed E-state index contributed by atoms with van der Waals surface area (Å²) < 4.78 is 0. The standard InChI is InChI=1S/C48H40P/c1-5-17-35(18-6-1)31-36-29-30-37(32-36)33-45-46(48-43-27-15-13-25-41(43)47(45)42-26-14-16-28-44(42)48)34-49(38-19-7-2-8-20-38,39-21-9-3-10-22-39)40-23-11-4-12-24-40/h1-30,32,37,45-46H,31,33-34H2/q+1. The Balaban J connectivity index is 1.25. The molecule has 0 saturated heterocycles. The van der Waals surface area contributed by atoms with Gasteiger partial charge in [0.15, 0.2) is 0 Å². The molecule has 0 fully saturated rings. The minimum atomic E-state index is -2.08. The normalized spacial score (nSPS) is 18.3. The van der Waals surface area contributed by atoms with Crippen LogP contribution in [0.5, 0.6) is 0 Å². The predicted molar refractivity (Wildman–Crippen MR) is 212 cm³/mol. The zero-order chi connectivity index (χ0) is 32.6. The van der Waals surface area contributed by atoms with Gasteiger partial charge in [0, 0.05) is 5.92 Å². The zero-order valence-electron chi connectivity index (χ0n) is 27.7. The van der Waals surface area contributed by atoms with Crippen LogP contribution in [0.15, 0.2) is 194 Å². The minimum Gasteiger partial charge on any atom is -0.0773 e. The summed E-state index contributed by atoms with van der Waals surface area (Å²) in [5.74, 6) is 1.18. The zero-order valence-corrected chi connectivity index (χ0v) is 28.6. The highest BCUT2D eigenvalue weighted by Crippen LogP contribution is 2.64. The van der Waals surface area contributed by atoms with Crippen LogP contribution in [-0.2, 0) is 6.42 Å². The Kier molecular flexibility index (Phi) is 7.84. The molecule has 0 aromatic heterocycles. The van der Waals surface area contributed by atoms with Crippen molar-refractivity contribution in [1.82, 2.24) is 0 Å². The van der Waals surface area contributed by atoms with Gasteiger partial charge in [-0.25, -0.2) is 0 Å². The van der Waals surface area contributed by atoms with E-state index in [0.717, 1.165) is 19.0 Å². The molecule has 236 valence electrons. The molecule has 2 bridgehead atoms. The molecule has 0 radical (unpaired) electrons. The van der Waals surface area contributed by atoms with Gasteiger partial charge in [-0.3, -0.25) is 0 Å². The van der Waals surface area contributed by atoms with Crippen LogP contribution in [0.1, 0.15) is 34.9 Å². The molecule has 0 N–H and O–H groups in total. The molecule has 10 rings (SSSR count). The highest BCUT2D eigenvalue weighted by molar-refractivity contribution is 7.95. The molecule has 3 aliphatic carbocycles. The van der Waals surface area contributed by atoms with Crippen molar-refractivity contribution < 1.29 is 0 Å². The predicted octanol–water partition coefficient (Wildman–Crippen LogP) is 10.9. The van der Waals surface area contributed by atoms with Crippen molar-refractivity contribution in [2.75, 3.05) is 6.16 Å². The number of hydrogen-bond acceptors (Lipinski definition) is 0. The lowest BCUT2D eigenvalue weighted by molar-refractivity contribution is 0.506. The third-order valence-electron chi connectivity index (χ3n) is 11.1. The molecular formula is C48H40P+. The molecule has 0 aliphatic heterocycles. The lowest BCUT2D eigenvalue weighted by atomic mass is 9.67. The summed E-state index contributed by atoms with van der Waals surface area (Å²) in [5, 5.41) is 10.1. The van der Waals surface area contributed by atoms with Crippen LogP contribution in [0, 0.1) is 5.92 Å². The average molecular weight is 648 g/mol. The van der Waals surface area contributed by atoms with Crippen molar-refractivity contribution in [3.8, 4) is 0 Å². The summed E-state index contributed by atoms with van der Waals surface area (Å²) in [7, 11) is -2.08. The maximum Gasteiger partial charge on any atom is 0.112 e. The first kappa shape index (κ1) is 30.1. The van der Waals surface area contributed by atoms with Gasteiger partial charge in [-0.05, 0) is 105 Å². The van der Waals surface area contributed by atoms with E-state index in [0.29, 0.717) is 17.8 Å². The first-order chi connectivity index (χ1) is 24.3. The van der Waals surface area contributed by atoms with Gasteiger partial charge in [0.2, 0.25) is 0 Å². The third-order valence-corrected chi connectivity index (χ3v) is 15.5. The largest absolute Gasteiger partial charge is 0.112 e. The first-order valence-electron chi connectivity index (χ1n) is 17.7. The van der Waals surface area contributed by atoms with E-state index in [1.807, 2.05) is 0 Å².